The van der Waals surface area contributed by atoms with Gasteiger partial charge in [0.25, 0.3) is 0 Å². The Balaban J connectivity index is 1.95. The Bertz CT molecular complexity index is 617. The number of unbranched alkanes of at least 4 members (excludes halogenated alkanes) is 29. The summed E-state index contributed by atoms with van der Waals surface area (Å²) < 4.78 is 1.20. The molecular formula is C42H86N3+. The summed E-state index contributed by atoms with van der Waals surface area (Å²) in [7, 11) is 0. The quantitative estimate of drug-likeness (QED) is 0.0535. The second kappa shape index (κ2) is 33.5. The van der Waals surface area contributed by atoms with E-state index in [1.807, 2.05) is 0 Å². The van der Waals surface area contributed by atoms with E-state index in [4.69, 9.17) is 4.99 Å². The van der Waals surface area contributed by atoms with Crippen LogP contribution in [0.3, 0.4) is 0 Å². The average molecular weight is 633 g/mol. The van der Waals surface area contributed by atoms with Crippen molar-refractivity contribution < 1.29 is 4.48 Å². The molecule has 0 aromatic heterocycles. The Morgan fingerprint density at radius 1 is 0.422 bits per heavy atom. The van der Waals surface area contributed by atoms with Crippen LogP contribution in [-0.2, 0) is 0 Å². The van der Waals surface area contributed by atoms with E-state index < -0.39 is 0 Å². The number of nitrogens with one attached hydrogen (secondary N) is 1. The van der Waals surface area contributed by atoms with E-state index in [0.29, 0.717) is 0 Å². The van der Waals surface area contributed by atoms with Crippen molar-refractivity contribution in [1.29, 1.82) is 0 Å². The van der Waals surface area contributed by atoms with E-state index >= 15 is 0 Å². The molecule has 3 nitrogen and oxygen atoms in total. The minimum atomic E-state index is 1.06. The normalized spacial score (nSPS) is 16.6. The van der Waals surface area contributed by atoms with Crippen LogP contribution in [-0.4, -0.2) is 49.6 Å². The molecule has 0 aliphatic carbocycles. The topological polar surface area (TPSA) is 24.4 Å². The van der Waals surface area contributed by atoms with Crippen molar-refractivity contribution in [2.45, 2.75) is 226 Å². The predicted molar refractivity (Wildman–Crippen MR) is 205 cm³/mol. The van der Waals surface area contributed by atoms with Crippen LogP contribution in [0.15, 0.2) is 4.99 Å². The van der Waals surface area contributed by atoms with Gasteiger partial charge in [-0.3, -0.25) is 4.48 Å². The van der Waals surface area contributed by atoms with Gasteiger partial charge in [-0.15, -0.1) is 0 Å². The molecule has 0 fully saturated rings. The number of amidine groups is 1. The first-order valence-corrected chi connectivity index (χ1v) is 21.4. The van der Waals surface area contributed by atoms with Crippen molar-refractivity contribution in [1.82, 2.24) is 5.32 Å². The summed E-state index contributed by atoms with van der Waals surface area (Å²) in [4.78, 5) is 4.96. The summed E-state index contributed by atoms with van der Waals surface area (Å²) in [6, 6.07) is 0. The second-order valence-electron chi connectivity index (χ2n) is 15.0. The third kappa shape index (κ3) is 25.3. The molecule has 268 valence electrons. The molecule has 0 bridgehead atoms. The summed E-state index contributed by atoms with van der Waals surface area (Å²) in [6.07, 6.45) is 46.0. The van der Waals surface area contributed by atoms with Gasteiger partial charge in [-0.1, -0.05) is 201 Å². The third-order valence-corrected chi connectivity index (χ3v) is 10.8. The first-order valence-electron chi connectivity index (χ1n) is 21.4. The summed E-state index contributed by atoms with van der Waals surface area (Å²) in [5, 5.41) is 3.81. The highest BCUT2D eigenvalue weighted by Crippen LogP contribution is 2.20. The van der Waals surface area contributed by atoms with Gasteiger partial charge >= 0.3 is 0 Å². The lowest BCUT2D eigenvalue weighted by molar-refractivity contribution is -0.835. The number of aliphatic imine (C=N–C) groups is 1. The molecule has 1 N–H and O–H groups in total. The maximum Gasteiger partial charge on any atom is 0.198 e. The van der Waals surface area contributed by atoms with Crippen molar-refractivity contribution >= 4 is 5.84 Å². The fourth-order valence-electron chi connectivity index (χ4n) is 7.69. The van der Waals surface area contributed by atoms with Crippen molar-refractivity contribution in [3.63, 3.8) is 0 Å². The van der Waals surface area contributed by atoms with Gasteiger partial charge in [-0.2, -0.15) is 0 Å². The zero-order chi connectivity index (χ0) is 32.4. The maximum absolute atomic E-state index is 4.96. The molecule has 3 heteroatoms. The summed E-state index contributed by atoms with van der Waals surface area (Å²) in [6.45, 7) is 14.2. The molecule has 0 aromatic rings. The Hall–Kier alpha value is -0.410. The fourth-order valence-corrected chi connectivity index (χ4v) is 7.69. The minimum Gasteiger partial charge on any atom is -0.311 e. The Kier molecular flexibility index (Phi) is 31.7. The van der Waals surface area contributed by atoms with Gasteiger partial charge in [0.15, 0.2) is 5.84 Å². The molecule has 0 saturated heterocycles. The third-order valence-electron chi connectivity index (χ3n) is 10.8. The SMILES string of the molecule is CCCCCCCCCCCCCCCCCC[N+]1(CCNCCCCCCCCCCCCCCCCC)CCN=C1CC. The van der Waals surface area contributed by atoms with Gasteiger partial charge in [-0.05, 0) is 25.8 Å². The van der Waals surface area contributed by atoms with Crippen LogP contribution < -0.4 is 5.32 Å². The van der Waals surface area contributed by atoms with Crippen LogP contribution in [0, 0.1) is 0 Å². The van der Waals surface area contributed by atoms with E-state index in [1.165, 1.54) is 236 Å². The Morgan fingerprint density at radius 3 is 1.16 bits per heavy atom. The van der Waals surface area contributed by atoms with Crippen LogP contribution >= 0.6 is 0 Å². The zero-order valence-corrected chi connectivity index (χ0v) is 31.8. The van der Waals surface area contributed by atoms with Gasteiger partial charge in [0.05, 0.1) is 19.6 Å². The zero-order valence-electron chi connectivity index (χ0n) is 31.8. The van der Waals surface area contributed by atoms with E-state index in [1.54, 1.807) is 0 Å². The summed E-state index contributed by atoms with van der Waals surface area (Å²) >= 11 is 0. The number of nitrogens with zero attached hydrogens (tertiary/aromatic N) is 2. The molecule has 0 radical (unpaired) electrons. The van der Waals surface area contributed by atoms with Crippen LogP contribution in [0.2, 0.25) is 0 Å². The first kappa shape index (κ1) is 42.6. The van der Waals surface area contributed by atoms with Gasteiger partial charge in [0.2, 0.25) is 0 Å². The lowest BCUT2D eigenvalue weighted by atomic mass is 10.0. The highest BCUT2D eigenvalue weighted by atomic mass is 15.4. The van der Waals surface area contributed by atoms with Crippen molar-refractivity contribution in [3.05, 3.63) is 0 Å². The van der Waals surface area contributed by atoms with Gasteiger partial charge < -0.3 is 5.32 Å². The second-order valence-corrected chi connectivity index (χ2v) is 15.0. The van der Waals surface area contributed by atoms with E-state index in [9.17, 15) is 0 Å². The van der Waals surface area contributed by atoms with Crippen LogP contribution in [0.4, 0.5) is 0 Å². The average Bonchev–Trinajstić information content (AvgIpc) is 3.46. The Morgan fingerprint density at radius 2 is 0.778 bits per heavy atom. The molecular weight excluding hydrogens is 546 g/mol. The first-order chi connectivity index (χ1) is 22.3. The fraction of sp³-hybridized carbons (Fsp3) is 0.976. The van der Waals surface area contributed by atoms with Crippen molar-refractivity contribution in [2.75, 3.05) is 39.3 Å². The van der Waals surface area contributed by atoms with E-state index in [0.717, 1.165) is 19.5 Å². The van der Waals surface area contributed by atoms with E-state index in [2.05, 4.69) is 26.1 Å². The molecule has 1 unspecified atom stereocenters. The van der Waals surface area contributed by atoms with Crippen molar-refractivity contribution in [3.8, 4) is 0 Å². The molecule has 1 heterocycles. The standard InChI is InChI=1S/C42H86N3/c1-4-7-9-11-13-15-17-19-21-23-25-27-29-31-33-35-39-45(41-38-44-42(45)6-3)40-37-43-36-34-32-30-28-26-24-22-20-18-16-14-12-10-8-5-2/h43H,4-41H2,1-3H3/q+1. The number of hydrogen-bond donors (Lipinski definition) is 1. The monoisotopic (exact) mass is 633 g/mol. The molecule has 0 aromatic carbocycles. The Labute approximate surface area is 285 Å². The van der Waals surface area contributed by atoms with E-state index in [-0.39, 0.29) is 0 Å². The predicted octanol–water partition coefficient (Wildman–Crippen LogP) is 13.3. The maximum atomic E-state index is 4.96. The molecule has 1 rings (SSSR count). The van der Waals surface area contributed by atoms with Crippen LogP contribution in [0.1, 0.15) is 226 Å². The molecule has 45 heavy (non-hydrogen) atoms. The lowest BCUT2D eigenvalue weighted by Crippen LogP contribution is -2.54. The van der Waals surface area contributed by atoms with Gasteiger partial charge in [0.1, 0.15) is 6.54 Å². The van der Waals surface area contributed by atoms with Crippen LogP contribution in [0.25, 0.3) is 0 Å². The summed E-state index contributed by atoms with van der Waals surface area (Å²) in [5.41, 5.74) is 0. The molecule has 1 aliphatic rings. The molecule has 1 aliphatic heterocycles. The smallest absolute Gasteiger partial charge is 0.198 e. The number of hydrogen-bond acceptors (Lipinski definition) is 2. The molecule has 0 amide bonds. The minimum absolute atomic E-state index is 1.06. The van der Waals surface area contributed by atoms with Gasteiger partial charge in [-0.25, -0.2) is 4.99 Å². The van der Waals surface area contributed by atoms with Crippen molar-refractivity contribution in [2.24, 2.45) is 4.99 Å². The highest BCUT2D eigenvalue weighted by molar-refractivity contribution is 5.76. The molecule has 0 saturated carbocycles. The highest BCUT2D eigenvalue weighted by Gasteiger charge is 2.35. The number of quaternary nitrogens is 1. The molecule has 1 atom stereocenters. The summed E-state index contributed by atoms with van der Waals surface area (Å²) in [5.74, 6) is 1.49. The lowest BCUT2D eigenvalue weighted by Gasteiger charge is -2.35. The van der Waals surface area contributed by atoms with Crippen LogP contribution in [0.5, 0.6) is 0 Å². The number of rotatable bonds is 37. The largest absolute Gasteiger partial charge is 0.311 e. The van der Waals surface area contributed by atoms with Gasteiger partial charge in [0, 0.05) is 13.0 Å². The molecule has 0 spiro atoms.